The van der Waals surface area contributed by atoms with Crippen molar-refractivity contribution < 1.29 is 17.9 Å². The highest BCUT2D eigenvalue weighted by molar-refractivity contribution is 7.91. The maximum absolute atomic E-state index is 11.9. The number of rotatable bonds is 6. The minimum atomic E-state index is -3.03. The number of ether oxygens (including phenoxy) is 1. The van der Waals surface area contributed by atoms with Crippen molar-refractivity contribution >= 4 is 15.9 Å². The molecule has 0 aromatic rings. The smallest absolute Gasteiger partial charge is 0.407 e. The van der Waals surface area contributed by atoms with Gasteiger partial charge >= 0.3 is 6.09 Å². The van der Waals surface area contributed by atoms with Crippen LogP contribution < -0.4 is 10.6 Å². The highest BCUT2D eigenvalue weighted by Crippen LogP contribution is 2.34. The number of carbonyl (C=O) groups is 1. The van der Waals surface area contributed by atoms with Crippen LogP contribution >= 0.6 is 0 Å². The Labute approximate surface area is 139 Å². The van der Waals surface area contributed by atoms with Crippen molar-refractivity contribution in [1.82, 2.24) is 10.6 Å². The first-order valence-corrected chi connectivity index (χ1v) is 10.4. The maximum Gasteiger partial charge on any atom is 0.407 e. The number of nitrogens with one attached hydrogen (secondary N) is 2. The van der Waals surface area contributed by atoms with Crippen LogP contribution in [0.1, 0.15) is 52.9 Å². The number of hydrogen-bond acceptors (Lipinski definition) is 5. The topological polar surface area (TPSA) is 84.5 Å². The molecule has 3 unspecified atom stereocenters. The van der Waals surface area contributed by atoms with E-state index >= 15 is 0 Å². The molecule has 2 rings (SSSR count). The van der Waals surface area contributed by atoms with E-state index in [1.165, 1.54) is 6.26 Å². The molecule has 6 nitrogen and oxygen atoms in total. The lowest BCUT2D eigenvalue weighted by Crippen LogP contribution is -2.51. The zero-order chi connectivity index (χ0) is 17.3. The van der Waals surface area contributed by atoms with Gasteiger partial charge in [-0.25, -0.2) is 13.2 Å². The molecular weight excluding hydrogens is 316 g/mol. The minimum Gasteiger partial charge on any atom is -0.444 e. The SMILES string of the molecule is CC(C)(C)OC(=O)NCC(NC1CCCC1S(C)(=O)=O)C1CC1. The molecule has 2 aliphatic carbocycles. The lowest BCUT2D eigenvalue weighted by Gasteiger charge is -2.27. The molecule has 23 heavy (non-hydrogen) atoms. The van der Waals surface area contributed by atoms with Crippen molar-refractivity contribution in [2.24, 2.45) is 5.92 Å². The summed E-state index contributed by atoms with van der Waals surface area (Å²) in [5.41, 5.74) is -0.514. The summed E-state index contributed by atoms with van der Waals surface area (Å²) in [6.07, 6.45) is 5.71. The molecule has 2 saturated carbocycles. The van der Waals surface area contributed by atoms with Gasteiger partial charge in [-0.05, 0) is 52.4 Å². The average Bonchev–Trinajstić information content (AvgIpc) is 3.10. The highest BCUT2D eigenvalue weighted by Gasteiger charge is 2.39. The molecule has 0 heterocycles. The first kappa shape index (κ1) is 18.5. The van der Waals surface area contributed by atoms with Crippen LogP contribution in [0.4, 0.5) is 4.79 Å². The second-order valence-electron chi connectivity index (χ2n) is 7.90. The van der Waals surface area contributed by atoms with Crippen LogP contribution in [0.15, 0.2) is 0 Å². The zero-order valence-electron chi connectivity index (χ0n) is 14.6. The Morgan fingerprint density at radius 2 is 1.87 bits per heavy atom. The Morgan fingerprint density at radius 1 is 1.22 bits per heavy atom. The molecule has 2 N–H and O–H groups in total. The largest absolute Gasteiger partial charge is 0.444 e. The first-order valence-electron chi connectivity index (χ1n) is 8.48. The lowest BCUT2D eigenvalue weighted by atomic mass is 10.1. The Hall–Kier alpha value is -0.820. The van der Waals surface area contributed by atoms with Crippen LogP contribution in [-0.4, -0.2) is 50.2 Å². The predicted molar refractivity (Wildman–Crippen MR) is 90.2 cm³/mol. The van der Waals surface area contributed by atoms with E-state index in [4.69, 9.17) is 4.74 Å². The van der Waals surface area contributed by atoms with Gasteiger partial charge in [0.05, 0.1) is 5.25 Å². The van der Waals surface area contributed by atoms with Crippen LogP contribution in [0.2, 0.25) is 0 Å². The van der Waals surface area contributed by atoms with E-state index in [2.05, 4.69) is 10.6 Å². The van der Waals surface area contributed by atoms with Gasteiger partial charge in [0.15, 0.2) is 9.84 Å². The van der Waals surface area contributed by atoms with Gasteiger partial charge in [-0.2, -0.15) is 0 Å². The molecule has 0 saturated heterocycles. The molecule has 1 amide bonds. The molecule has 3 atom stereocenters. The summed E-state index contributed by atoms with van der Waals surface area (Å²) in [4.78, 5) is 11.8. The molecular formula is C16H30N2O4S. The third-order valence-electron chi connectivity index (χ3n) is 4.49. The van der Waals surface area contributed by atoms with Crippen molar-refractivity contribution in [3.8, 4) is 0 Å². The summed E-state index contributed by atoms with van der Waals surface area (Å²) in [5.74, 6) is 0.519. The molecule has 0 radical (unpaired) electrons. The van der Waals surface area contributed by atoms with Crippen LogP contribution in [0, 0.1) is 5.92 Å². The molecule has 0 aromatic heterocycles. The Balaban J connectivity index is 1.88. The van der Waals surface area contributed by atoms with E-state index in [0.29, 0.717) is 12.5 Å². The second-order valence-corrected chi connectivity index (χ2v) is 10.2. The average molecular weight is 346 g/mol. The lowest BCUT2D eigenvalue weighted by molar-refractivity contribution is 0.0520. The van der Waals surface area contributed by atoms with Crippen molar-refractivity contribution in [3.63, 3.8) is 0 Å². The monoisotopic (exact) mass is 346 g/mol. The summed E-state index contributed by atoms with van der Waals surface area (Å²) in [6.45, 7) is 5.97. The molecule has 7 heteroatoms. The summed E-state index contributed by atoms with van der Waals surface area (Å²) in [5, 5.41) is 6.02. The molecule has 134 valence electrons. The van der Waals surface area contributed by atoms with Gasteiger partial charge in [-0.15, -0.1) is 0 Å². The Bertz CT molecular complexity index is 523. The quantitative estimate of drug-likeness (QED) is 0.767. The van der Waals surface area contributed by atoms with Gasteiger partial charge in [0, 0.05) is 24.9 Å². The highest BCUT2D eigenvalue weighted by atomic mass is 32.2. The summed E-state index contributed by atoms with van der Waals surface area (Å²) >= 11 is 0. The van der Waals surface area contributed by atoms with E-state index in [0.717, 1.165) is 32.1 Å². The fourth-order valence-corrected chi connectivity index (χ4v) is 4.68. The minimum absolute atomic E-state index is 0.00367. The summed E-state index contributed by atoms with van der Waals surface area (Å²) in [6, 6.07) is 0.117. The van der Waals surface area contributed by atoms with E-state index in [-0.39, 0.29) is 17.3 Å². The van der Waals surface area contributed by atoms with E-state index in [9.17, 15) is 13.2 Å². The van der Waals surface area contributed by atoms with Gasteiger partial charge in [-0.1, -0.05) is 6.42 Å². The number of hydrogen-bond donors (Lipinski definition) is 2. The predicted octanol–water partition coefficient (Wildman–Crippen LogP) is 1.84. The van der Waals surface area contributed by atoms with Crippen LogP contribution in [0.25, 0.3) is 0 Å². The van der Waals surface area contributed by atoms with Gasteiger partial charge in [0.1, 0.15) is 5.60 Å². The second kappa shape index (κ2) is 6.97. The number of carbonyl (C=O) groups excluding carboxylic acids is 1. The maximum atomic E-state index is 11.9. The third-order valence-corrected chi connectivity index (χ3v) is 6.15. The van der Waals surface area contributed by atoms with Gasteiger partial charge in [0.2, 0.25) is 0 Å². The van der Waals surface area contributed by atoms with Crippen LogP contribution in [-0.2, 0) is 14.6 Å². The first-order chi connectivity index (χ1) is 10.6. The Morgan fingerprint density at radius 3 is 2.39 bits per heavy atom. The molecule has 2 aliphatic rings. The van der Waals surface area contributed by atoms with E-state index in [1.807, 2.05) is 20.8 Å². The normalized spacial score (nSPS) is 26.8. The zero-order valence-corrected chi connectivity index (χ0v) is 15.4. The third kappa shape index (κ3) is 5.95. The fourth-order valence-electron chi connectivity index (χ4n) is 3.27. The van der Waals surface area contributed by atoms with Crippen LogP contribution in [0.3, 0.4) is 0 Å². The number of amides is 1. The van der Waals surface area contributed by atoms with E-state index < -0.39 is 21.5 Å². The molecule has 0 aromatic carbocycles. The van der Waals surface area contributed by atoms with Gasteiger partial charge in [0.25, 0.3) is 0 Å². The molecule has 0 aliphatic heterocycles. The van der Waals surface area contributed by atoms with Crippen molar-refractivity contribution in [1.29, 1.82) is 0 Å². The van der Waals surface area contributed by atoms with Gasteiger partial charge in [-0.3, -0.25) is 0 Å². The van der Waals surface area contributed by atoms with Crippen molar-refractivity contribution in [2.75, 3.05) is 12.8 Å². The summed E-state index contributed by atoms with van der Waals surface area (Å²) in [7, 11) is -3.03. The number of alkyl carbamates (subject to hydrolysis) is 1. The van der Waals surface area contributed by atoms with Gasteiger partial charge < -0.3 is 15.4 Å². The Kier molecular flexibility index (Phi) is 5.61. The summed E-state index contributed by atoms with van der Waals surface area (Å²) < 4.78 is 29.1. The van der Waals surface area contributed by atoms with E-state index in [1.54, 1.807) is 0 Å². The molecule has 0 spiro atoms. The number of sulfone groups is 1. The molecule has 0 bridgehead atoms. The standard InChI is InChI=1S/C16H30N2O4S/c1-16(2,3)22-15(19)17-10-13(11-8-9-11)18-12-6-5-7-14(12)23(4,20)21/h11-14,18H,5-10H2,1-4H3,(H,17,19). The molecule has 2 fully saturated rings. The van der Waals surface area contributed by atoms with Crippen LogP contribution in [0.5, 0.6) is 0 Å². The fraction of sp³-hybridized carbons (Fsp3) is 0.938. The van der Waals surface area contributed by atoms with Crippen molar-refractivity contribution in [3.05, 3.63) is 0 Å². The van der Waals surface area contributed by atoms with Crippen molar-refractivity contribution in [2.45, 2.75) is 75.8 Å².